The maximum Gasteiger partial charge on any atom is 0.312 e. The quantitative estimate of drug-likeness (QED) is 0.617. The van der Waals surface area contributed by atoms with Crippen molar-refractivity contribution in [2.45, 2.75) is 93.1 Å². The zero-order valence-corrected chi connectivity index (χ0v) is 15.5. The minimum absolute atomic E-state index is 0.0167. The molecule has 1 fully saturated rings. The Bertz CT molecular complexity index is 356. The fourth-order valence-electron chi connectivity index (χ4n) is 3.69. The molecule has 0 aromatic rings. The number of rotatable bonds is 5. The van der Waals surface area contributed by atoms with E-state index in [0.29, 0.717) is 5.92 Å². The minimum Gasteiger partial charge on any atom is -0.458 e. The normalized spacial score (nSPS) is 21.6. The molecule has 0 amide bonds. The molecule has 0 aromatic carbocycles. The van der Waals surface area contributed by atoms with Crippen molar-refractivity contribution in [3.63, 3.8) is 0 Å². The van der Waals surface area contributed by atoms with Gasteiger partial charge in [0.05, 0.1) is 5.41 Å². The van der Waals surface area contributed by atoms with Crippen LogP contribution in [0.3, 0.4) is 0 Å². The molecule has 124 valence electrons. The molecular formula is C19H36O2. The highest BCUT2D eigenvalue weighted by molar-refractivity contribution is 5.77. The van der Waals surface area contributed by atoms with Gasteiger partial charge in [0, 0.05) is 0 Å². The Morgan fingerprint density at radius 3 is 1.86 bits per heavy atom. The maximum absolute atomic E-state index is 13.0. The van der Waals surface area contributed by atoms with Crippen LogP contribution in [0.25, 0.3) is 0 Å². The summed E-state index contributed by atoms with van der Waals surface area (Å²) in [5, 5.41) is 0. The molecule has 0 saturated heterocycles. The Labute approximate surface area is 132 Å². The van der Waals surface area contributed by atoms with Gasteiger partial charge in [0.25, 0.3) is 0 Å². The summed E-state index contributed by atoms with van der Waals surface area (Å²) >= 11 is 0. The fraction of sp³-hybridized carbons (Fsp3) is 0.947. The lowest BCUT2D eigenvalue weighted by Crippen LogP contribution is -2.45. The first kappa shape index (κ1) is 18.5. The van der Waals surface area contributed by atoms with Crippen molar-refractivity contribution in [2.24, 2.45) is 22.7 Å². The third-order valence-electron chi connectivity index (χ3n) is 5.44. The predicted molar refractivity (Wildman–Crippen MR) is 89.1 cm³/mol. The van der Waals surface area contributed by atoms with Crippen molar-refractivity contribution in [1.82, 2.24) is 0 Å². The van der Waals surface area contributed by atoms with Crippen molar-refractivity contribution in [3.05, 3.63) is 0 Å². The molecule has 1 atom stereocenters. The lowest BCUT2D eigenvalue weighted by Gasteiger charge is -2.41. The van der Waals surface area contributed by atoms with Crippen LogP contribution < -0.4 is 0 Å². The molecule has 1 saturated carbocycles. The number of carbonyl (C=O) groups is 1. The topological polar surface area (TPSA) is 26.3 Å². The van der Waals surface area contributed by atoms with E-state index in [-0.39, 0.29) is 22.9 Å². The van der Waals surface area contributed by atoms with Crippen LogP contribution >= 0.6 is 0 Å². The number of ether oxygens (including phenoxy) is 1. The average Bonchev–Trinajstić information content (AvgIpc) is 2.76. The first-order chi connectivity index (χ1) is 9.43. The summed E-state index contributed by atoms with van der Waals surface area (Å²) in [7, 11) is 0. The molecule has 1 unspecified atom stereocenters. The van der Waals surface area contributed by atoms with Gasteiger partial charge in [-0.1, -0.05) is 48.5 Å². The Morgan fingerprint density at radius 2 is 1.52 bits per heavy atom. The van der Waals surface area contributed by atoms with Gasteiger partial charge in [0.2, 0.25) is 0 Å². The highest BCUT2D eigenvalue weighted by Gasteiger charge is 2.47. The first-order valence-corrected chi connectivity index (χ1v) is 8.66. The molecule has 2 heteroatoms. The van der Waals surface area contributed by atoms with E-state index in [2.05, 4.69) is 55.4 Å². The monoisotopic (exact) mass is 296 g/mol. The van der Waals surface area contributed by atoms with Crippen molar-refractivity contribution < 1.29 is 9.53 Å². The van der Waals surface area contributed by atoms with Crippen molar-refractivity contribution in [3.8, 4) is 0 Å². The number of hydrogen-bond donors (Lipinski definition) is 0. The molecule has 0 bridgehead atoms. The zero-order valence-electron chi connectivity index (χ0n) is 15.5. The SMILES string of the molecule is CC(C)C1(OC(=O)C(C)(CC(C)(C)C)C(C)C)CCCC1. The molecule has 1 rings (SSSR count). The largest absolute Gasteiger partial charge is 0.458 e. The molecule has 0 aliphatic heterocycles. The Kier molecular flexibility index (Phi) is 5.56. The average molecular weight is 296 g/mol. The molecule has 1 aliphatic carbocycles. The summed E-state index contributed by atoms with van der Waals surface area (Å²) in [4.78, 5) is 13.0. The fourth-order valence-corrected chi connectivity index (χ4v) is 3.69. The third-order valence-corrected chi connectivity index (χ3v) is 5.44. The Hall–Kier alpha value is -0.530. The van der Waals surface area contributed by atoms with E-state index < -0.39 is 5.41 Å². The second-order valence-corrected chi connectivity index (χ2v) is 9.13. The summed E-state index contributed by atoms with van der Waals surface area (Å²) in [5.41, 5.74) is -0.493. The molecule has 0 spiro atoms. The van der Waals surface area contributed by atoms with E-state index in [0.717, 1.165) is 19.3 Å². The van der Waals surface area contributed by atoms with E-state index in [9.17, 15) is 4.79 Å². The predicted octanol–water partition coefficient (Wildman–Crippen LogP) is 5.60. The maximum atomic E-state index is 13.0. The van der Waals surface area contributed by atoms with Gasteiger partial charge in [0.1, 0.15) is 5.60 Å². The number of esters is 1. The molecule has 21 heavy (non-hydrogen) atoms. The molecule has 1 aliphatic rings. The second kappa shape index (κ2) is 6.30. The Balaban J connectivity index is 2.96. The van der Waals surface area contributed by atoms with Gasteiger partial charge in [-0.2, -0.15) is 0 Å². The van der Waals surface area contributed by atoms with Gasteiger partial charge < -0.3 is 4.74 Å². The van der Waals surface area contributed by atoms with E-state index in [1.165, 1.54) is 12.8 Å². The van der Waals surface area contributed by atoms with Crippen molar-refractivity contribution >= 4 is 5.97 Å². The van der Waals surface area contributed by atoms with Crippen LogP contribution in [-0.2, 0) is 9.53 Å². The van der Waals surface area contributed by atoms with Crippen molar-refractivity contribution in [2.75, 3.05) is 0 Å². The summed E-state index contributed by atoms with van der Waals surface area (Å²) in [6, 6.07) is 0. The highest BCUT2D eigenvalue weighted by Crippen LogP contribution is 2.45. The molecule has 0 heterocycles. The third kappa shape index (κ3) is 4.23. The molecule has 0 aromatic heterocycles. The summed E-state index contributed by atoms with van der Waals surface area (Å²) in [6.45, 7) is 17.4. The molecule has 0 N–H and O–H groups in total. The van der Waals surface area contributed by atoms with E-state index in [1.807, 2.05) is 0 Å². The standard InChI is InChI=1S/C19H36O2/c1-14(2)18(8,13-17(5,6)7)16(20)21-19(15(3)4)11-9-10-12-19/h14-15H,9-13H2,1-8H3. The van der Waals surface area contributed by atoms with Crippen LogP contribution in [0.1, 0.15) is 87.5 Å². The summed E-state index contributed by atoms with van der Waals surface area (Å²) in [6.07, 6.45) is 5.29. The van der Waals surface area contributed by atoms with Gasteiger partial charge in [0.15, 0.2) is 0 Å². The summed E-state index contributed by atoms with van der Waals surface area (Å²) < 4.78 is 6.19. The van der Waals surface area contributed by atoms with Gasteiger partial charge in [-0.05, 0) is 56.3 Å². The van der Waals surface area contributed by atoms with E-state index in [1.54, 1.807) is 0 Å². The lowest BCUT2D eigenvalue weighted by atomic mass is 9.68. The number of carbonyl (C=O) groups excluding carboxylic acids is 1. The van der Waals surface area contributed by atoms with Crippen molar-refractivity contribution in [1.29, 1.82) is 0 Å². The smallest absolute Gasteiger partial charge is 0.312 e. The van der Waals surface area contributed by atoms with Crippen LogP contribution in [0.4, 0.5) is 0 Å². The summed E-state index contributed by atoms with van der Waals surface area (Å²) in [5.74, 6) is 0.702. The van der Waals surface area contributed by atoms with Gasteiger partial charge in [-0.15, -0.1) is 0 Å². The minimum atomic E-state index is -0.400. The highest BCUT2D eigenvalue weighted by atomic mass is 16.6. The van der Waals surface area contributed by atoms with Gasteiger partial charge in [-0.25, -0.2) is 0 Å². The van der Waals surface area contributed by atoms with E-state index >= 15 is 0 Å². The second-order valence-electron chi connectivity index (χ2n) is 9.13. The van der Waals surface area contributed by atoms with Gasteiger partial charge in [-0.3, -0.25) is 4.79 Å². The van der Waals surface area contributed by atoms with Crippen LogP contribution in [0, 0.1) is 22.7 Å². The Morgan fingerprint density at radius 1 is 1.05 bits per heavy atom. The molecular weight excluding hydrogens is 260 g/mol. The van der Waals surface area contributed by atoms with Crippen LogP contribution in [-0.4, -0.2) is 11.6 Å². The van der Waals surface area contributed by atoms with Crippen LogP contribution in [0.2, 0.25) is 0 Å². The molecule has 2 nitrogen and oxygen atoms in total. The van der Waals surface area contributed by atoms with Crippen LogP contribution in [0.5, 0.6) is 0 Å². The van der Waals surface area contributed by atoms with E-state index in [4.69, 9.17) is 4.74 Å². The lowest BCUT2D eigenvalue weighted by molar-refractivity contribution is -0.181. The first-order valence-electron chi connectivity index (χ1n) is 8.66. The van der Waals surface area contributed by atoms with Crippen LogP contribution in [0.15, 0.2) is 0 Å². The zero-order chi connectivity index (χ0) is 16.5. The number of hydrogen-bond acceptors (Lipinski definition) is 2. The van der Waals surface area contributed by atoms with Gasteiger partial charge >= 0.3 is 5.97 Å². The molecule has 0 radical (unpaired) electrons.